The lowest BCUT2D eigenvalue weighted by Crippen LogP contribution is -2.47. The topological polar surface area (TPSA) is 144 Å². The van der Waals surface area contributed by atoms with Gasteiger partial charge in [0.1, 0.15) is 24.4 Å². The minimum atomic E-state index is -1.87. The number of nitrogens with zero attached hydrogens (tertiary/aromatic N) is 1. The molecule has 0 spiro atoms. The zero-order chi connectivity index (χ0) is 11.3. The fourth-order valence-electron chi connectivity index (χ4n) is 0.824. The first-order valence-corrected chi connectivity index (χ1v) is 3.85. The van der Waals surface area contributed by atoms with Crippen LogP contribution in [-0.2, 0) is 0 Å². The summed E-state index contributed by atoms with van der Waals surface area (Å²) in [5.41, 5.74) is 0. The molecule has 14 heavy (non-hydrogen) atoms. The van der Waals surface area contributed by atoms with Crippen molar-refractivity contribution in [1.82, 2.24) is 0 Å². The van der Waals surface area contributed by atoms with E-state index >= 15 is 0 Å². The van der Waals surface area contributed by atoms with E-state index in [0.717, 1.165) is 0 Å². The molecular weight excluding hydrogens is 198 g/mol. The lowest BCUT2D eigenvalue weighted by Gasteiger charge is -2.23. The Hall–Kier alpha value is -0.800. The standard InChI is InChI=1S/C6H13NO7/c8-2-4(10)6(12)5(11)3(9)1-7(13)14/h3-6,8-12H,1-2H2/t3-,4+,5+,6-/m1/s1. The normalized spacial score (nSPS) is 19.8. The van der Waals surface area contributed by atoms with Crippen LogP contribution in [0.3, 0.4) is 0 Å². The Labute approximate surface area is 79.2 Å². The van der Waals surface area contributed by atoms with Crippen LogP contribution in [0.5, 0.6) is 0 Å². The summed E-state index contributed by atoms with van der Waals surface area (Å²) in [6.45, 7) is -1.76. The van der Waals surface area contributed by atoms with Gasteiger partial charge in [-0.05, 0) is 0 Å². The van der Waals surface area contributed by atoms with Crippen LogP contribution in [-0.4, -0.2) is 68.0 Å². The number of hydrogen-bond acceptors (Lipinski definition) is 7. The summed E-state index contributed by atoms with van der Waals surface area (Å²) in [7, 11) is 0. The van der Waals surface area contributed by atoms with E-state index in [9.17, 15) is 10.1 Å². The Morgan fingerprint density at radius 1 is 1.07 bits per heavy atom. The van der Waals surface area contributed by atoms with Gasteiger partial charge in [-0.15, -0.1) is 0 Å². The second kappa shape index (κ2) is 5.83. The first-order chi connectivity index (χ1) is 6.40. The predicted molar refractivity (Wildman–Crippen MR) is 43.0 cm³/mol. The first-order valence-electron chi connectivity index (χ1n) is 3.85. The second-order valence-corrected chi connectivity index (χ2v) is 2.81. The molecule has 0 rings (SSSR count). The third-order valence-corrected chi connectivity index (χ3v) is 1.66. The highest BCUT2D eigenvalue weighted by Gasteiger charge is 2.32. The Morgan fingerprint density at radius 3 is 1.86 bits per heavy atom. The maximum absolute atomic E-state index is 9.92. The molecule has 4 atom stereocenters. The highest BCUT2D eigenvalue weighted by atomic mass is 16.6. The molecule has 8 heteroatoms. The van der Waals surface area contributed by atoms with Crippen LogP contribution in [0, 0.1) is 10.1 Å². The summed E-state index contributed by atoms with van der Waals surface area (Å²) in [6.07, 6.45) is -7.13. The van der Waals surface area contributed by atoms with Gasteiger partial charge in [-0.25, -0.2) is 0 Å². The van der Waals surface area contributed by atoms with Crippen molar-refractivity contribution >= 4 is 0 Å². The van der Waals surface area contributed by atoms with E-state index < -0.39 is 42.5 Å². The zero-order valence-corrected chi connectivity index (χ0v) is 7.22. The number of nitro groups is 1. The van der Waals surface area contributed by atoms with Gasteiger partial charge >= 0.3 is 0 Å². The van der Waals surface area contributed by atoms with E-state index in [1.807, 2.05) is 0 Å². The number of aliphatic hydroxyl groups is 5. The first kappa shape index (κ1) is 13.2. The van der Waals surface area contributed by atoms with Crippen LogP contribution < -0.4 is 0 Å². The van der Waals surface area contributed by atoms with E-state index in [-0.39, 0.29) is 0 Å². The molecule has 0 aliphatic heterocycles. The van der Waals surface area contributed by atoms with Crippen molar-refractivity contribution in [2.45, 2.75) is 24.4 Å². The largest absolute Gasteiger partial charge is 0.394 e. The number of aliphatic hydroxyl groups excluding tert-OH is 5. The Kier molecular flexibility index (Phi) is 5.50. The van der Waals surface area contributed by atoms with Crippen molar-refractivity contribution in [3.8, 4) is 0 Å². The smallest absolute Gasteiger partial charge is 0.232 e. The summed E-state index contributed by atoms with van der Waals surface area (Å²) < 4.78 is 0. The van der Waals surface area contributed by atoms with Gasteiger partial charge in [0.05, 0.1) is 6.61 Å². The maximum Gasteiger partial charge on any atom is 0.232 e. The minimum absolute atomic E-state index is 0.816. The molecular formula is C6H13NO7. The van der Waals surface area contributed by atoms with E-state index in [0.29, 0.717) is 0 Å². The lowest BCUT2D eigenvalue weighted by atomic mass is 10.0. The Balaban J connectivity index is 4.15. The van der Waals surface area contributed by atoms with Crippen LogP contribution >= 0.6 is 0 Å². The van der Waals surface area contributed by atoms with Gasteiger partial charge in [0.15, 0.2) is 0 Å². The summed E-state index contributed by atoms with van der Waals surface area (Å²) in [6, 6.07) is 0. The van der Waals surface area contributed by atoms with Crippen molar-refractivity contribution in [3.05, 3.63) is 10.1 Å². The van der Waals surface area contributed by atoms with Gasteiger partial charge in [-0.1, -0.05) is 0 Å². The van der Waals surface area contributed by atoms with Crippen LogP contribution in [0.2, 0.25) is 0 Å². The highest BCUT2D eigenvalue weighted by Crippen LogP contribution is 2.05. The molecule has 5 N–H and O–H groups in total. The second-order valence-electron chi connectivity index (χ2n) is 2.81. The van der Waals surface area contributed by atoms with Crippen molar-refractivity contribution < 1.29 is 30.5 Å². The molecule has 8 nitrogen and oxygen atoms in total. The molecule has 0 aromatic carbocycles. The SMILES string of the molecule is O=[N+]([O-])C[C@@H](O)[C@H](O)[C@H](O)[C@@H](O)CO. The Bertz CT molecular complexity index is 187. The molecule has 84 valence electrons. The van der Waals surface area contributed by atoms with Gasteiger partial charge < -0.3 is 25.5 Å². The average molecular weight is 211 g/mol. The summed E-state index contributed by atoms with van der Waals surface area (Å²) >= 11 is 0. The van der Waals surface area contributed by atoms with Gasteiger partial charge in [0.2, 0.25) is 6.54 Å². The van der Waals surface area contributed by atoms with Crippen LogP contribution in [0.25, 0.3) is 0 Å². The van der Waals surface area contributed by atoms with Gasteiger partial charge in [-0.3, -0.25) is 10.1 Å². The van der Waals surface area contributed by atoms with Crippen LogP contribution in [0.15, 0.2) is 0 Å². The van der Waals surface area contributed by atoms with Gasteiger partial charge in [-0.2, -0.15) is 0 Å². The molecule has 0 bridgehead atoms. The molecule has 0 amide bonds. The summed E-state index contributed by atoms with van der Waals surface area (Å²) in [4.78, 5) is 9.05. The molecule has 0 saturated heterocycles. The van der Waals surface area contributed by atoms with Gasteiger partial charge in [0.25, 0.3) is 0 Å². The molecule has 0 aliphatic carbocycles. The summed E-state index contributed by atoms with van der Waals surface area (Å²) in [5.74, 6) is 0. The fraction of sp³-hybridized carbons (Fsp3) is 1.00. The highest BCUT2D eigenvalue weighted by molar-refractivity contribution is 4.79. The van der Waals surface area contributed by atoms with Crippen LogP contribution in [0.4, 0.5) is 0 Å². The maximum atomic E-state index is 9.92. The van der Waals surface area contributed by atoms with E-state index in [4.69, 9.17) is 25.5 Å². The van der Waals surface area contributed by atoms with Crippen molar-refractivity contribution in [2.24, 2.45) is 0 Å². The zero-order valence-electron chi connectivity index (χ0n) is 7.22. The van der Waals surface area contributed by atoms with Crippen molar-refractivity contribution in [3.63, 3.8) is 0 Å². The molecule has 0 aliphatic rings. The van der Waals surface area contributed by atoms with Crippen molar-refractivity contribution in [1.29, 1.82) is 0 Å². The quantitative estimate of drug-likeness (QED) is 0.228. The lowest BCUT2D eigenvalue weighted by molar-refractivity contribution is -0.493. The molecule has 0 fully saturated rings. The molecule has 0 radical (unpaired) electrons. The number of hydrogen-bond donors (Lipinski definition) is 5. The van der Waals surface area contributed by atoms with E-state index in [2.05, 4.69) is 0 Å². The van der Waals surface area contributed by atoms with Gasteiger partial charge in [0, 0.05) is 4.92 Å². The third kappa shape index (κ3) is 3.94. The summed E-state index contributed by atoms with van der Waals surface area (Å²) in [5, 5.41) is 54.2. The molecule has 0 saturated carbocycles. The Morgan fingerprint density at radius 2 is 1.50 bits per heavy atom. The fourth-order valence-corrected chi connectivity index (χ4v) is 0.824. The van der Waals surface area contributed by atoms with E-state index in [1.165, 1.54) is 0 Å². The van der Waals surface area contributed by atoms with Crippen LogP contribution in [0.1, 0.15) is 0 Å². The average Bonchev–Trinajstić information content (AvgIpc) is 2.13. The third-order valence-electron chi connectivity index (χ3n) is 1.66. The molecule has 0 aromatic rings. The molecule has 0 aromatic heterocycles. The monoisotopic (exact) mass is 211 g/mol. The van der Waals surface area contributed by atoms with E-state index in [1.54, 1.807) is 0 Å². The minimum Gasteiger partial charge on any atom is -0.394 e. The number of rotatable bonds is 6. The molecule has 0 unspecified atom stereocenters. The molecule has 0 heterocycles. The van der Waals surface area contributed by atoms with Crippen molar-refractivity contribution in [2.75, 3.05) is 13.2 Å². The predicted octanol–water partition coefficient (Wildman–Crippen LogP) is -3.30.